The fraction of sp³-hybridized carbons (Fsp3) is 0.227. The summed E-state index contributed by atoms with van der Waals surface area (Å²) in [6, 6.07) is 15.7. The number of carbonyl (C=O) groups excluding carboxylic acids is 1. The van der Waals surface area contributed by atoms with Crippen molar-refractivity contribution in [2.75, 3.05) is 18.0 Å². The zero-order valence-corrected chi connectivity index (χ0v) is 18.6. The molecule has 0 radical (unpaired) electrons. The molecule has 0 saturated carbocycles. The lowest BCUT2D eigenvalue weighted by Gasteiger charge is -2.18. The van der Waals surface area contributed by atoms with Gasteiger partial charge in [-0.15, -0.1) is 11.3 Å². The molecule has 1 aromatic heterocycles. The van der Waals surface area contributed by atoms with E-state index in [1.165, 1.54) is 22.7 Å². The minimum absolute atomic E-state index is 0.194. The number of hydrogen-bond donors (Lipinski definition) is 0. The van der Waals surface area contributed by atoms with Gasteiger partial charge in [0.2, 0.25) is 0 Å². The van der Waals surface area contributed by atoms with E-state index in [2.05, 4.69) is 0 Å². The third-order valence-electron chi connectivity index (χ3n) is 4.56. The van der Waals surface area contributed by atoms with Crippen molar-refractivity contribution in [3.05, 3.63) is 76.7 Å². The highest BCUT2D eigenvalue weighted by molar-refractivity contribution is 7.94. The van der Waals surface area contributed by atoms with Crippen molar-refractivity contribution in [3.63, 3.8) is 0 Å². The summed E-state index contributed by atoms with van der Waals surface area (Å²) in [5.41, 5.74) is 3.62. The number of hydrogen-bond acceptors (Lipinski definition) is 6. The van der Waals surface area contributed by atoms with E-state index in [0.29, 0.717) is 11.4 Å². The highest BCUT2D eigenvalue weighted by Gasteiger charge is 2.22. The van der Waals surface area contributed by atoms with Crippen molar-refractivity contribution < 1.29 is 22.7 Å². The summed E-state index contributed by atoms with van der Waals surface area (Å²) in [5, 5.41) is 1.72. The Kier molecular flexibility index (Phi) is 6.79. The number of aryl methyl sites for hydroxylation is 2. The van der Waals surface area contributed by atoms with Gasteiger partial charge in [0.1, 0.15) is 16.6 Å². The minimum Gasteiger partial charge on any atom is -0.482 e. The normalized spacial score (nSPS) is 11.2. The molecule has 0 fully saturated rings. The van der Waals surface area contributed by atoms with Gasteiger partial charge in [-0.25, -0.2) is 13.2 Å². The molecule has 1 heterocycles. The third kappa shape index (κ3) is 5.20. The number of anilines is 1. The number of benzene rings is 2. The smallest absolute Gasteiger partial charge is 0.344 e. The molecule has 0 spiro atoms. The van der Waals surface area contributed by atoms with Gasteiger partial charge in [0.05, 0.1) is 5.69 Å². The molecule has 0 bridgehead atoms. The van der Waals surface area contributed by atoms with Gasteiger partial charge >= 0.3 is 5.97 Å². The number of thiophene rings is 1. The van der Waals surface area contributed by atoms with Gasteiger partial charge in [0.25, 0.3) is 10.0 Å². The highest BCUT2D eigenvalue weighted by Crippen LogP contribution is 2.26. The van der Waals surface area contributed by atoms with Crippen LogP contribution in [0.25, 0.3) is 0 Å². The quantitative estimate of drug-likeness (QED) is 0.483. The Morgan fingerprint density at radius 1 is 1.07 bits per heavy atom. The summed E-state index contributed by atoms with van der Waals surface area (Å²) in [6.45, 7) is 3.92. The molecule has 0 amide bonds. The Bertz CT molecular complexity index is 1110. The number of esters is 1. The molecule has 0 aliphatic rings. The molecule has 0 atom stereocenters. The number of sulfonamides is 1. The van der Waals surface area contributed by atoms with Crippen molar-refractivity contribution in [2.24, 2.45) is 0 Å². The van der Waals surface area contributed by atoms with Gasteiger partial charge in [0.15, 0.2) is 6.61 Å². The van der Waals surface area contributed by atoms with Crippen molar-refractivity contribution >= 4 is 33.0 Å². The van der Waals surface area contributed by atoms with Crippen molar-refractivity contribution in [2.45, 2.75) is 24.7 Å². The Morgan fingerprint density at radius 3 is 2.47 bits per heavy atom. The van der Waals surface area contributed by atoms with E-state index in [9.17, 15) is 13.2 Å². The molecule has 158 valence electrons. The molecule has 30 heavy (non-hydrogen) atoms. The van der Waals surface area contributed by atoms with Crippen LogP contribution in [0.5, 0.6) is 5.75 Å². The maximum absolute atomic E-state index is 12.6. The minimum atomic E-state index is -3.59. The first-order chi connectivity index (χ1) is 14.3. The van der Waals surface area contributed by atoms with Crippen molar-refractivity contribution in [1.82, 2.24) is 0 Å². The van der Waals surface area contributed by atoms with Gasteiger partial charge in [-0.2, -0.15) is 0 Å². The van der Waals surface area contributed by atoms with Gasteiger partial charge in [-0.05, 0) is 60.7 Å². The van der Waals surface area contributed by atoms with E-state index in [-0.39, 0.29) is 17.4 Å². The summed E-state index contributed by atoms with van der Waals surface area (Å²) in [6.07, 6.45) is 0. The predicted molar refractivity (Wildman–Crippen MR) is 118 cm³/mol. The second-order valence-electron chi connectivity index (χ2n) is 6.78. The van der Waals surface area contributed by atoms with Crippen LogP contribution in [0.2, 0.25) is 0 Å². The van der Waals surface area contributed by atoms with Gasteiger partial charge in [-0.3, -0.25) is 4.31 Å². The molecular weight excluding hydrogens is 422 g/mol. The van der Waals surface area contributed by atoms with Crippen LogP contribution in [-0.4, -0.2) is 28.0 Å². The van der Waals surface area contributed by atoms with Crippen LogP contribution in [0.15, 0.2) is 64.2 Å². The molecule has 0 aliphatic heterocycles. The van der Waals surface area contributed by atoms with E-state index in [1.54, 1.807) is 41.8 Å². The van der Waals surface area contributed by atoms with Crippen molar-refractivity contribution in [3.8, 4) is 5.75 Å². The Morgan fingerprint density at radius 2 is 1.80 bits per heavy atom. The molecule has 8 heteroatoms. The molecule has 0 saturated heterocycles. The number of carbonyl (C=O) groups is 1. The zero-order valence-electron chi connectivity index (χ0n) is 17.0. The second kappa shape index (κ2) is 9.32. The van der Waals surface area contributed by atoms with Crippen LogP contribution >= 0.6 is 11.3 Å². The van der Waals surface area contributed by atoms with Crippen LogP contribution < -0.4 is 9.04 Å². The standard InChI is InChI=1S/C22H23NO5S2/c1-16-6-7-17(2)18(13-16)14-28-21(24)15-27-20-10-8-19(9-11-20)23(3)30(25,26)22-5-4-12-29-22/h4-13H,14-15H2,1-3H3. The predicted octanol–water partition coefficient (Wildman–Crippen LogP) is 4.31. The van der Waals surface area contributed by atoms with Crippen LogP contribution in [0.1, 0.15) is 16.7 Å². The fourth-order valence-electron chi connectivity index (χ4n) is 2.73. The zero-order chi connectivity index (χ0) is 21.7. The topological polar surface area (TPSA) is 72.9 Å². The Labute approximate surface area is 180 Å². The Balaban J connectivity index is 1.54. The number of nitrogens with zero attached hydrogens (tertiary/aromatic N) is 1. The molecule has 6 nitrogen and oxygen atoms in total. The summed E-state index contributed by atoms with van der Waals surface area (Å²) in [4.78, 5) is 12.0. The lowest BCUT2D eigenvalue weighted by molar-refractivity contribution is -0.147. The third-order valence-corrected chi connectivity index (χ3v) is 7.72. The van der Waals surface area contributed by atoms with Gasteiger partial charge in [0, 0.05) is 7.05 Å². The monoisotopic (exact) mass is 445 g/mol. The van der Waals surface area contributed by atoms with Gasteiger partial charge in [-0.1, -0.05) is 29.8 Å². The summed E-state index contributed by atoms with van der Waals surface area (Å²) < 4.78 is 37.4. The van der Waals surface area contributed by atoms with E-state index >= 15 is 0 Å². The average Bonchev–Trinajstić information content (AvgIpc) is 3.28. The lowest BCUT2D eigenvalue weighted by Crippen LogP contribution is -2.25. The fourth-order valence-corrected chi connectivity index (χ4v) is 5.09. The maximum Gasteiger partial charge on any atom is 0.344 e. The first-order valence-corrected chi connectivity index (χ1v) is 11.6. The summed E-state index contributed by atoms with van der Waals surface area (Å²) in [7, 11) is -2.10. The summed E-state index contributed by atoms with van der Waals surface area (Å²) >= 11 is 1.17. The van der Waals surface area contributed by atoms with Gasteiger partial charge < -0.3 is 9.47 Å². The molecule has 0 unspecified atom stereocenters. The van der Waals surface area contributed by atoms with Crippen LogP contribution in [-0.2, 0) is 26.2 Å². The average molecular weight is 446 g/mol. The molecule has 2 aromatic carbocycles. The van der Waals surface area contributed by atoms with E-state index < -0.39 is 16.0 Å². The highest BCUT2D eigenvalue weighted by atomic mass is 32.2. The van der Waals surface area contributed by atoms with E-state index in [1.807, 2.05) is 32.0 Å². The Hall–Kier alpha value is -2.84. The summed E-state index contributed by atoms with van der Waals surface area (Å²) in [5.74, 6) is -0.0262. The second-order valence-corrected chi connectivity index (χ2v) is 9.92. The first kappa shape index (κ1) is 21.9. The lowest BCUT2D eigenvalue weighted by atomic mass is 10.1. The van der Waals surface area contributed by atoms with Crippen LogP contribution in [0.4, 0.5) is 5.69 Å². The SMILES string of the molecule is Cc1ccc(C)c(COC(=O)COc2ccc(N(C)S(=O)(=O)c3cccs3)cc2)c1. The molecule has 3 aromatic rings. The van der Waals surface area contributed by atoms with Crippen molar-refractivity contribution in [1.29, 1.82) is 0 Å². The molecular formula is C22H23NO5S2. The maximum atomic E-state index is 12.6. The van der Waals surface area contributed by atoms with E-state index in [0.717, 1.165) is 16.7 Å². The molecule has 0 aliphatic carbocycles. The molecule has 3 rings (SSSR count). The number of rotatable bonds is 8. The van der Waals surface area contributed by atoms with Crippen LogP contribution in [0.3, 0.4) is 0 Å². The van der Waals surface area contributed by atoms with Crippen LogP contribution in [0, 0.1) is 13.8 Å². The number of ether oxygens (including phenoxy) is 2. The van der Waals surface area contributed by atoms with E-state index in [4.69, 9.17) is 9.47 Å². The first-order valence-electron chi connectivity index (χ1n) is 9.24. The molecule has 0 N–H and O–H groups in total. The largest absolute Gasteiger partial charge is 0.482 e.